The second-order valence-electron chi connectivity index (χ2n) is 31.2. The first-order chi connectivity index (χ1) is 58.8. The Morgan fingerprint density at radius 3 is 0.926 bits per heavy atom. The van der Waals surface area contributed by atoms with Crippen LogP contribution in [0.15, 0.2) is 170 Å². The van der Waals surface area contributed by atoms with Crippen LogP contribution in [0.5, 0.6) is 0 Å². The molecule has 7 fully saturated rings. The first kappa shape index (κ1) is 81.2. The number of benzene rings is 4. The lowest BCUT2D eigenvalue weighted by atomic mass is 10.0. The Labute approximate surface area is 694 Å². The Morgan fingerprint density at radius 1 is 0.377 bits per heavy atom. The minimum Gasteiger partial charge on any atom is -0.382 e. The topological polar surface area (TPSA) is 413 Å². The molecule has 0 bridgehead atoms. The maximum atomic E-state index is 13.7. The third kappa shape index (κ3) is 17.5. The second-order valence-corrected chi connectivity index (χ2v) is 31.2. The second kappa shape index (κ2) is 34.1. The molecule has 620 valence electrons. The molecule has 4 saturated heterocycles. The molecule has 11 N–H and O–H groups in total. The van der Waals surface area contributed by atoms with Crippen LogP contribution >= 0.6 is 0 Å². The summed E-state index contributed by atoms with van der Waals surface area (Å²) in [7, 11) is 0. The first-order valence-electron chi connectivity index (χ1n) is 39.9. The quantitative estimate of drug-likeness (QED) is 0.0349. The maximum absolute atomic E-state index is 13.7. The third-order valence-electron chi connectivity index (χ3n) is 22.2. The number of pyridine rings is 8. The highest BCUT2D eigenvalue weighted by Crippen LogP contribution is 2.40. The van der Waals surface area contributed by atoms with Crippen LogP contribution in [0.4, 0.5) is 40.8 Å². The van der Waals surface area contributed by atoms with E-state index in [0.29, 0.717) is 170 Å². The van der Waals surface area contributed by atoms with E-state index in [4.69, 9.17) is 22.9 Å². The largest absolute Gasteiger partial charge is 0.382 e. The number of halogens is 4. The van der Waals surface area contributed by atoms with Crippen LogP contribution < -0.4 is 38.9 Å². The zero-order valence-electron chi connectivity index (χ0n) is 66.1. The molecular weight excluding hydrogens is 1570 g/mol. The molecule has 0 radical (unpaired) electrons. The van der Waals surface area contributed by atoms with Crippen LogP contribution in [-0.4, -0.2) is 194 Å². The summed E-state index contributed by atoms with van der Waals surface area (Å²) in [6.07, 6.45) is 11.4. The van der Waals surface area contributed by atoms with Gasteiger partial charge in [0.1, 0.15) is 68.6 Å². The zero-order valence-corrected chi connectivity index (χ0v) is 66.1. The van der Waals surface area contributed by atoms with Gasteiger partial charge in [0, 0.05) is 152 Å². The fraction of sp³-hybridized carbons (Fsp3) is 0.270. The number of hydrogen-bond donors (Lipinski definition) is 7. The van der Waals surface area contributed by atoms with Crippen LogP contribution in [0.2, 0.25) is 0 Å². The average molecular weight is 1650 g/mol. The lowest BCUT2D eigenvalue weighted by Crippen LogP contribution is -2.64. The van der Waals surface area contributed by atoms with E-state index in [2.05, 4.69) is 55.8 Å². The summed E-state index contributed by atoms with van der Waals surface area (Å²) in [6.45, 7) is 6.56. The number of nitrogens with zero attached hydrogens (tertiary/aromatic N) is 13. The van der Waals surface area contributed by atoms with E-state index in [0.717, 1.165) is 38.5 Å². The van der Waals surface area contributed by atoms with Gasteiger partial charge in [-0.25, -0.2) is 57.4 Å². The molecule has 0 atom stereocenters. The fourth-order valence-corrected chi connectivity index (χ4v) is 14.9. The molecule has 3 aliphatic carbocycles. The monoisotopic (exact) mass is 1650 g/mol. The normalized spacial score (nSPS) is 15.7. The highest BCUT2D eigenvalue weighted by molar-refractivity contribution is 6.12. The molecule has 9 amide bonds. The number of anilines is 4. The van der Waals surface area contributed by atoms with Gasteiger partial charge in [-0.1, -0.05) is 55.5 Å². The number of nitrogens with one attached hydrogen (secondary N) is 3. The molecule has 0 spiro atoms. The van der Waals surface area contributed by atoms with E-state index < -0.39 is 0 Å². The summed E-state index contributed by atoms with van der Waals surface area (Å²) in [5, 5.41) is 10.9. The summed E-state index contributed by atoms with van der Waals surface area (Å²) < 4.78 is 54.3. The number of nitrogen functional groups attached to an aromatic ring is 4. The Hall–Kier alpha value is -14.5. The van der Waals surface area contributed by atoms with Crippen LogP contribution in [0.3, 0.4) is 0 Å². The van der Waals surface area contributed by atoms with Crippen molar-refractivity contribution in [1.82, 2.24) is 80.3 Å². The predicted octanol–water partition coefficient (Wildman–Crippen LogP) is 9.73. The van der Waals surface area contributed by atoms with Crippen molar-refractivity contribution in [3.8, 4) is 45.0 Å². The molecule has 0 unspecified atom stereocenters. The minimum atomic E-state index is -0.374. The lowest BCUT2D eigenvalue weighted by Gasteiger charge is -2.44. The van der Waals surface area contributed by atoms with Crippen molar-refractivity contribution < 1.29 is 60.7 Å². The molecule has 4 aromatic carbocycles. The van der Waals surface area contributed by atoms with Crippen molar-refractivity contribution in [2.24, 2.45) is 17.8 Å². The molecular formula is C89H82F4N20O9. The summed E-state index contributed by atoms with van der Waals surface area (Å²) in [5.74, 6) is -1.68. The van der Waals surface area contributed by atoms with Crippen LogP contribution in [0, 0.1) is 41.0 Å². The molecule has 29 nitrogen and oxygen atoms in total. The molecule has 19 rings (SSSR count). The van der Waals surface area contributed by atoms with Gasteiger partial charge in [-0.05, 0) is 136 Å². The van der Waals surface area contributed by atoms with Gasteiger partial charge in [0.2, 0.25) is 29.5 Å². The molecule has 8 aromatic heterocycles. The number of amides is 9. The Kier molecular flexibility index (Phi) is 22.7. The van der Waals surface area contributed by atoms with Gasteiger partial charge < -0.3 is 58.5 Å². The zero-order chi connectivity index (χ0) is 85.5. The van der Waals surface area contributed by atoms with Crippen LogP contribution in [-0.2, 0) is 24.0 Å². The summed E-state index contributed by atoms with van der Waals surface area (Å²) in [6, 6.07) is 38.0. The number of hydrogen-bond acceptors (Lipinski definition) is 21. The number of rotatable bonds is 16. The van der Waals surface area contributed by atoms with Gasteiger partial charge in [-0.15, -0.1) is 0 Å². The molecule has 12 aromatic rings. The van der Waals surface area contributed by atoms with E-state index in [9.17, 15) is 60.7 Å². The highest BCUT2D eigenvalue weighted by atomic mass is 19.1. The highest BCUT2D eigenvalue weighted by Gasteiger charge is 2.49. The van der Waals surface area contributed by atoms with Crippen molar-refractivity contribution in [1.29, 1.82) is 0 Å². The predicted molar refractivity (Wildman–Crippen MR) is 447 cm³/mol. The summed E-state index contributed by atoms with van der Waals surface area (Å²) in [5.41, 5.74) is 31.7. The van der Waals surface area contributed by atoms with Crippen LogP contribution in [0.25, 0.3) is 88.6 Å². The van der Waals surface area contributed by atoms with E-state index in [-0.39, 0.29) is 142 Å². The van der Waals surface area contributed by atoms with E-state index >= 15 is 0 Å². The summed E-state index contributed by atoms with van der Waals surface area (Å²) >= 11 is 0. The van der Waals surface area contributed by atoms with Crippen molar-refractivity contribution in [3.05, 3.63) is 216 Å². The molecule has 4 aliphatic heterocycles. The lowest BCUT2D eigenvalue weighted by molar-refractivity contribution is -0.153. The van der Waals surface area contributed by atoms with Crippen molar-refractivity contribution >= 4 is 120 Å². The van der Waals surface area contributed by atoms with Crippen molar-refractivity contribution in [2.75, 3.05) is 75.3 Å². The molecule has 122 heavy (non-hydrogen) atoms. The fourth-order valence-electron chi connectivity index (χ4n) is 14.9. The number of fused-ring (bicyclic) bond motifs is 4. The van der Waals surface area contributed by atoms with Crippen molar-refractivity contribution in [2.45, 2.75) is 83.0 Å². The molecule has 3 saturated carbocycles. The molecule has 12 heterocycles. The maximum Gasteiger partial charge on any atom is 0.256 e. The number of carbonyl (C=O) groups is 9. The van der Waals surface area contributed by atoms with Gasteiger partial charge >= 0.3 is 0 Å². The van der Waals surface area contributed by atoms with E-state index in [1.807, 2.05) is 0 Å². The minimum absolute atomic E-state index is 0.00670. The molecule has 33 heteroatoms. The number of likely N-dealkylation sites (tertiary alicyclic amines) is 4. The van der Waals surface area contributed by atoms with Gasteiger partial charge in [0.25, 0.3) is 23.6 Å². The Morgan fingerprint density at radius 2 is 0.656 bits per heavy atom. The van der Waals surface area contributed by atoms with Gasteiger partial charge in [0.15, 0.2) is 0 Å². The third-order valence-corrected chi connectivity index (χ3v) is 22.2. The Balaban J connectivity index is 0.000000121. The van der Waals surface area contributed by atoms with Crippen LogP contribution in [0.1, 0.15) is 100 Å². The van der Waals surface area contributed by atoms with Gasteiger partial charge in [0.05, 0.1) is 69.2 Å². The Bertz CT molecular complexity index is 6220. The first-order valence-corrected chi connectivity index (χ1v) is 39.9. The SMILES string of the molecule is CC(=O)NC1CN(C(=O)c2cnc(N)c3nc(-c4cccc(F)c4)ccc23)C1.CCC(=O)NC1CN(C(=O)c2cnc(N)c3nc(-c4cccc(F)c4)ccc23)C1.Nc1ncc(C(=O)N2CC(N(C(=O)C3CC3)C(=O)C3CC3)C2)c2ccc(-c3cccc(F)c3)nc12.Nc1ncc(C(=O)N2CC(NC(=O)C3CC3)C2)c2ccc(-c3cccc(F)c3)nc12. The standard InChI is InChI=1S/C26H24FN5O3.C22H20FN5O2.C21H20FN5O2.C20H18FN5O2/c27-17-3-1-2-16(10-17)21-9-8-19-20(11-29-23(28)22(19)30-21)26(35)31-12-18(13-31)32(24(33)14-4-5-14)25(34)15-6-7-15;23-14-3-1-2-13(8-14)18-7-6-16-17(9-25-20(24)19(16)27-18)22(30)28-10-15(11-28)26-21(29)12-4-5-12;1-2-18(28)25-14-10-27(11-14)21(29)16-9-24-20(23)19-15(16)6-7-17(26-19)12-4-3-5-13(22)8-12;1-11(27)24-14-9-26(10-14)20(28)16-8-23-19(22)18-15(16)5-6-17(25-18)12-3-2-4-13(21)7-12/h1-3,8-11,14-15,18H,4-7,12-13H2,(H2,28,29);1-3,6-9,12,15H,4-5,10-11H2,(H2,24,25)(H,26,29);3-9,14H,2,10-11H2,1H3,(H2,23,24)(H,25,28);2-8,14H,9-10H2,1H3,(H2,22,23)(H,24,27). The average Bonchev–Trinajstić information content (AvgIpc) is 1.76. The summed E-state index contributed by atoms with van der Waals surface area (Å²) in [4.78, 5) is 155. The van der Waals surface area contributed by atoms with Gasteiger partial charge in [-0.3, -0.25) is 48.1 Å². The van der Waals surface area contributed by atoms with E-state index in [1.54, 1.807) is 124 Å². The van der Waals surface area contributed by atoms with Crippen molar-refractivity contribution in [3.63, 3.8) is 0 Å². The molecule has 7 aliphatic rings. The van der Waals surface area contributed by atoms with E-state index in [1.165, 1.54) is 85.1 Å². The number of carbonyl (C=O) groups excluding carboxylic acids is 9. The number of nitrogens with two attached hydrogens (primary N) is 4. The number of aromatic nitrogens is 8. The number of imide groups is 1. The smallest absolute Gasteiger partial charge is 0.256 e. The van der Waals surface area contributed by atoms with Gasteiger partial charge in [-0.2, -0.15) is 0 Å².